The number of rotatable bonds is 0. The fourth-order valence-electron chi connectivity index (χ4n) is 3.87. The quantitative estimate of drug-likeness (QED) is 0.579. The van der Waals surface area contributed by atoms with Crippen molar-refractivity contribution in [1.29, 1.82) is 5.26 Å². The Kier molecular flexibility index (Phi) is 1.14. The zero-order valence-electron chi connectivity index (χ0n) is 8.46. The summed E-state index contributed by atoms with van der Waals surface area (Å²) in [6.07, 6.45) is 1.89. The highest BCUT2D eigenvalue weighted by Gasteiger charge is 2.80. The average molecular weight is 191 g/mol. The minimum Gasteiger partial charge on any atom is -0.352 e. The molecule has 4 bridgehead atoms. The summed E-state index contributed by atoms with van der Waals surface area (Å²) in [6.45, 7) is 4.69. The van der Waals surface area contributed by atoms with Gasteiger partial charge in [0.25, 0.3) is 0 Å². The van der Waals surface area contributed by atoms with Gasteiger partial charge in [0.15, 0.2) is 5.78 Å². The number of carbonyl (C=O) groups is 1. The second-order valence-corrected chi connectivity index (χ2v) is 5.31. The van der Waals surface area contributed by atoms with E-state index in [9.17, 15) is 4.79 Å². The highest BCUT2D eigenvalue weighted by molar-refractivity contribution is 6.00. The van der Waals surface area contributed by atoms with Crippen LogP contribution in [0.1, 0.15) is 26.7 Å². The van der Waals surface area contributed by atoms with Crippen LogP contribution in [0.25, 0.3) is 0 Å². The topological polar surface area (TPSA) is 50.1 Å². The van der Waals surface area contributed by atoms with Gasteiger partial charge in [-0.05, 0) is 12.8 Å². The molecule has 1 saturated heterocycles. The predicted octanol–water partition coefficient (Wildman–Crippen LogP) is 1.28. The lowest BCUT2D eigenvalue weighted by molar-refractivity contribution is -0.154. The van der Waals surface area contributed by atoms with Crippen molar-refractivity contribution in [2.24, 2.45) is 16.7 Å². The van der Waals surface area contributed by atoms with Gasteiger partial charge in [0.2, 0.25) is 5.60 Å². The molecule has 2 saturated carbocycles. The molecule has 0 aromatic rings. The van der Waals surface area contributed by atoms with Crippen LogP contribution in [0.2, 0.25) is 0 Å². The third kappa shape index (κ3) is 0.492. The Morgan fingerprint density at radius 3 is 2.71 bits per heavy atom. The lowest BCUT2D eigenvalue weighted by atomic mass is 9.69. The van der Waals surface area contributed by atoms with Crippen LogP contribution in [-0.4, -0.2) is 18.0 Å². The number of hydrogen-bond acceptors (Lipinski definition) is 3. The first kappa shape index (κ1) is 8.43. The van der Waals surface area contributed by atoms with Crippen molar-refractivity contribution in [2.45, 2.75) is 32.3 Å². The lowest BCUT2D eigenvalue weighted by Crippen LogP contribution is -2.50. The minimum atomic E-state index is -1.08. The molecule has 2 aliphatic carbocycles. The van der Waals surface area contributed by atoms with E-state index in [1.54, 1.807) is 0 Å². The van der Waals surface area contributed by atoms with E-state index < -0.39 is 5.60 Å². The Balaban J connectivity index is 2.27. The molecule has 1 heterocycles. The SMILES string of the molecule is C[C@@]12CC[C@H]3[C@@](C#N)(OC[C@]31C)C2=O. The van der Waals surface area contributed by atoms with E-state index in [2.05, 4.69) is 13.0 Å². The van der Waals surface area contributed by atoms with Gasteiger partial charge in [-0.3, -0.25) is 4.79 Å². The standard InChI is InChI=1S/C11H13NO2/c1-9-4-3-7-10(9,2)6-14-11(7,5-12)8(9)13/h7H,3-4,6H2,1-2H3/t7-,9+,10-,11-/m1/s1. The number of carbonyl (C=O) groups excluding carboxylic acids is 1. The van der Waals surface area contributed by atoms with Gasteiger partial charge in [-0.25, -0.2) is 0 Å². The summed E-state index contributed by atoms with van der Waals surface area (Å²) in [6, 6.07) is 2.13. The van der Waals surface area contributed by atoms with E-state index in [0.29, 0.717) is 6.61 Å². The van der Waals surface area contributed by atoms with Crippen molar-refractivity contribution in [3.63, 3.8) is 0 Å². The van der Waals surface area contributed by atoms with Gasteiger partial charge in [0.1, 0.15) is 6.07 Å². The molecule has 0 aromatic carbocycles. The molecule has 14 heavy (non-hydrogen) atoms. The van der Waals surface area contributed by atoms with Gasteiger partial charge in [0.05, 0.1) is 6.61 Å². The third-order valence-corrected chi connectivity index (χ3v) is 5.06. The number of hydrogen-bond donors (Lipinski definition) is 0. The number of ketones is 1. The van der Waals surface area contributed by atoms with Crippen LogP contribution in [0, 0.1) is 28.1 Å². The summed E-state index contributed by atoms with van der Waals surface area (Å²) in [5.41, 5.74) is -1.47. The second kappa shape index (κ2) is 1.90. The Morgan fingerprint density at radius 2 is 2.29 bits per heavy atom. The Hall–Kier alpha value is -0.880. The summed E-state index contributed by atoms with van der Waals surface area (Å²) in [7, 11) is 0. The molecule has 3 nitrogen and oxygen atoms in total. The molecule has 4 atom stereocenters. The summed E-state index contributed by atoms with van der Waals surface area (Å²) >= 11 is 0. The van der Waals surface area contributed by atoms with E-state index in [4.69, 9.17) is 10.00 Å². The Morgan fingerprint density at radius 1 is 1.57 bits per heavy atom. The smallest absolute Gasteiger partial charge is 0.216 e. The summed E-state index contributed by atoms with van der Waals surface area (Å²) in [4.78, 5) is 12.2. The molecular weight excluding hydrogens is 178 g/mol. The summed E-state index contributed by atoms with van der Waals surface area (Å²) in [5.74, 6) is 0.176. The van der Waals surface area contributed by atoms with Gasteiger partial charge in [-0.15, -0.1) is 0 Å². The van der Waals surface area contributed by atoms with Crippen LogP contribution in [0.15, 0.2) is 0 Å². The maximum Gasteiger partial charge on any atom is 0.216 e. The fourth-order valence-corrected chi connectivity index (χ4v) is 3.87. The van der Waals surface area contributed by atoms with Crippen LogP contribution in [-0.2, 0) is 9.53 Å². The molecule has 0 unspecified atom stereocenters. The van der Waals surface area contributed by atoms with E-state index in [-0.39, 0.29) is 22.5 Å². The maximum atomic E-state index is 12.2. The molecule has 3 rings (SSSR count). The first-order valence-electron chi connectivity index (χ1n) is 5.11. The molecule has 3 heteroatoms. The highest BCUT2D eigenvalue weighted by atomic mass is 16.5. The van der Waals surface area contributed by atoms with Crippen LogP contribution in [0.4, 0.5) is 0 Å². The van der Waals surface area contributed by atoms with E-state index in [0.717, 1.165) is 12.8 Å². The third-order valence-electron chi connectivity index (χ3n) is 5.06. The molecule has 1 aliphatic heterocycles. The van der Waals surface area contributed by atoms with Gasteiger partial charge >= 0.3 is 0 Å². The first-order chi connectivity index (χ1) is 6.51. The minimum absolute atomic E-state index is 0.0394. The molecule has 3 aliphatic rings. The van der Waals surface area contributed by atoms with E-state index >= 15 is 0 Å². The van der Waals surface area contributed by atoms with Crippen molar-refractivity contribution < 1.29 is 9.53 Å². The predicted molar refractivity (Wildman–Crippen MR) is 48.2 cm³/mol. The van der Waals surface area contributed by atoms with Crippen LogP contribution in [0.5, 0.6) is 0 Å². The van der Waals surface area contributed by atoms with Gasteiger partial charge in [0, 0.05) is 16.7 Å². The van der Waals surface area contributed by atoms with Crippen molar-refractivity contribution in [2.75, 3.05) is 6.61 Å². The number of nitriles is 1. The summed E-state index contributed by atoms with van der Waals surface area (Å²) in [5, 5.41) is 9.17. The molecule has 0 N–H and O–H groups in total. The Bertz CT molecular complexity index is 385. The second-order valence-electron chi connectivity index (χ2n) is 5.31. The first-order valence-corrected chi connectivity index (χ1v) is 5.11. The number of ether oxygens (including phenoxy) is 1. The van der Waals surface area contributed by atoms with Crippen molar-refractivity contribution in [3.8, 4) is 6.07 Å². The van der Waals surface area contributed by atoms with E-state index in [1.807, 2.05) is 6.92 Å². The molecular formula is C11H13NO2. The fraction of sp³-hybridized carbons (Fsp3) is 0.818. The van der Waals surface area contributed by atoms with Crippen LogP contribution >= 0.6 is 0 Å². The maximum absolute atomic E-state index is 12.2. The molecule has 0 amide bonds. The van der Waals surface area contributed by atoms with Crippen LogP contribution in [0.3, 0.4) is 0 Å². The molecule has 0 aromatic heterocycles. The van der Waals surface area contributed by atoms with Gasteiger partial charge < -0.3 is 4.74 Å². The molecule has 3 fully saturated rings. The van der Waals surface area contributed by atoms with Crippen molar-refractivity contribution in [3.05, 3.63) is 0 Å². The zero-order valence-corrected chi connectivity index (χ0v) is 8.46. The van der Waals surface area contributed by atoms with Crippen molar-refractivity contribution in [1.82, 2.24) is 0 Å². The number of Topliss-reactive ketones (excluding diaryl/α,β-unsaturated/α-hetero) is 1. The molecule has 0 spiro atoms. The highest BCUT2D eigenvalue weighted by Crippen LogP contribution is 2.71. The number of nitrogens with zero attached hydrogens (tertiary/aromatic N) is 1. The monoisotopic (exact) mass is 191 g/mol. The Labute approximate surface area is 83.0 Å². The van der Waals surface area contributed by atoms with Crippen molar-refractivity contribution >= 4 is 5.78 Å². The van der Waals surface area contributed by atoms with Gasteiger partial charge in [-0.2, -0.15) is 5.26 Å². The largest absolute Gasteiger partial charge is 0.352 e. The van der Waals surface area contributed by atoms with Gasteiger partial charge in [-0.1, -0.05) is 13.8 Å². The summed E-state index contributed by atoms with van der Waals surface area (Å²) < 4.78 is 5.49. The zero-order chi connectivity index (χ0) is 10.2. The lowest BCUT2D eigenvalue weighted by Gasteiger charge is -2.38. The molecule has 74 valence electrons. The molecule has 0 radical (unpaired) electrons. The average Bonchev–Trinajstić information content (AvgIpc) is 2.65. The normalized spacial score (nSPS) is 59.2. The van der Waals surface area contributed by atoms with E-state index in [1.165, 1.54) is 0 Å². The van der Waals surface area contributed by atoms with Crippen LogP contribution < -0.4 is 0 Å².